The molecule has 1 atom stereocenters. The van der Waals surface area contributed by atoms with Crippen LogP contribution in [0, 0.1) is 6.92 Å². The van der Waals surface area contributed by atoms with Crippen LogP contribution in [0.1, 0.15) is 16.1 Å². The minimum Gasteiger partial charge on any atom is -0.494 e. The van der Waals surface area contributed by atoms with E-state index in [1.165, 1.54) is 19.5 Å². The van der Waals surface area contributed by atoms with E-state index < -0.39 is 20.5 Å². The van der Waals surface area contributed by atoms with Gasteiger partial charge in [0.15, 0.2) is 6.73 Å². The highest BCUT2D eigenvalue weighted by molar-refractivity contribution is 7.46. The third-order valence-corrected chi connectivity index (χ3v) is 6.56. The predicted octanol–water partition coefficient (Wildman–Crippen LogP) is 1.97. The normalized spacial score (nSPS) is 16.4. The zero-order valence-corrected chi connectivity index (χ0v) is 22.6. The van der Waals surface area contributed by atoms with Crippen molar-refractivity contribution < 1.29 is 42.6 Å². The highest BCUT2D eigenvalue weighted by Crippen LogP contribution is 2.36. The van der Waals surface area contributed by atoms with Crippen molar-refractivity contribution in [1.82, 2.24) is 19.7 Å². The Morgan fingerprint density at radius 1 is 1.29 bits per heavy atom. The summed E-state index contributed by atoms with van der Waals surface area (Å²) in [5.74, 6) is -0.340. The number of phosphoric ester groups is 1. The minimum absolute atomic E-state index is 0.0366. The monoisotopic (exact) mass is 587 g/mol. The lowest BCUT2D eigenvalue weighted by Crippen LogP contribution is -2.33. The van der Waals surface area contributed by atoms with Crippen LogP contribution in [0.4, 0.5) is 0 Å². The number of hydrogen-bond donors (Lipinski definition) is 2. The SMILES string of the molecule is COc1cnc(Cl)cc1-c1cc(C)ncc1C(=O)N=c1sc(OC[C@H]2COCCO2)nn1COP(=O)(O)O. The van der Waals surface area contributed by atoms with E-state index in [2.05, 4.69) is 24.6 Å². The lowest BCUT2D eigenvalue weighted by atomic mass is 10.0. The summed E-state index contributed by atoms with van der Waals surface area (Å²) in [5.41, 5.74) is 1.68. The van der Waals surface area contributed by atoms with E-state index in [1.807, 2.05) is 0 Å². The molecule has 0 aliphatic carbocycles. The molecule has 14 nitrogen and oxygen atoms in total. The largest absolute Gasteiger partial charge is 0.494 e. The Bertz CT molecular complexity index is 1420. The van der Waals surface area contributed by atoms with Gasteiger partial charge in [0.2, 0.25) is 4.80 Å². The van der Waals surface area contributed by atoms with Crippen LogP contribution < -0.4 is 14.3 Å². The van der Waals surface area contributed by atoms with Crippen molar-refractivity contribution in [2.45, 2.75) is 19.8 Å². The number of aryl methyl sites for hydroxylation is 1. The number of ether oxygens (including phenoxy) is 4. The van der Waals surface area contributed by atoms with E-state index in [9.17, 15) is 9.36 Å². The number of amides is 1. The van der Waals surface area contributed by atoms with Crippen molar-refractivity contribution in [3.05, 3.63) is 45.7 Å². The molecule has 0 unspecified atom stereocenters. The average Bonchev–Trinajstić information content (AvgIpc) is 3.27. The number of hydrogen-bond acceptors (Lipinski definition) is 11. The summed E-state index contributed by atoms with van der Waals surface area (Å²) in [6.45, 7) is 2.43. The average molecular weight is 588 g/mol. The molecule has 0 radical (unpaired) electrons. The fourth-order valence-electron chi connectivity index (χ4n) is 3.33. The summed E-state index contributed by atoms with van der Waals surface area (Å²) in [7, 11) is -3.38. The lowest BCUT2D eigenvalue weighted by molar-refractivity contribution is -0.101. The standard InChI is InChI=1S/C21H23ClN5O9PS/c1-12-5-14(15-6-18(22)24-8-17(15)32-2)16(7-23-12)19(28)25-20-27(11-36-37(29,30)31)26-21(38-20)35-10-13-9-33-3-4-34-13/h5-8,13H,3-4,9-11H2,1-2H3,(H2,29,30,31)/t13-/m1/s1. The summed E-state index contributed by atoms with van der Waals surface area (Å²) < 4.78 is 38.7. The predicted molar refractivity (Wildman–Crippen MR) is 133 cm³/mol. The summed E-state index contributed by atoms with van der Waals surface area (Å²) in [5, 5.41) is 4.38. The quantitative estimate of drug-likeness (QED) is 0.275. The molecule has 38 heavy (non-hydrogen) atoms. The van der Waals surface area contributed by atoms with E-state index >= 15 is 0 Å². The highest BCUT2D eigenvalue weighted by Gasteiger charge is 2.21. The van der Waals surface area contributed by atoms with E-state index in [1.54, 1.807) is 19.1 Å². The molecule has 1 fully saturated rings. The molecule has 1 aliphatic rings. The van der Waals surface area contributed by atoms with E-state index in [0.717, 1.165) is 16.0 Å². The molecule has 1 amide bonds. The molecule has 1 aliphatic heterocycles. The maximum absolute atomic E-state index is 13.4. The molecule has 0 saturated carbocycles. The van der Waals surface area contributed by atoms with Gasteiger partial charge in [-0.3, -0.25) is 14.3 Å². The van der Waals surface area contributed by atoms with Gasteiger partial charge in [0.05, 0.1) is 38.7 Å². The van der Waals surface area contributed by atoms with Crippen LogP contribution in [0.15, 0.2) is 29.5 Å². The first-order valence-electron chi connectivity index (χ1n) is 11.0. The molecule has 17 heteroatoms. The van der Waals surface area contributed by atoms with Crippen LogP contribution in [-0.2, 0) is 25.3 Å². The number of phosphoric acid groups is 1. The second kappa shape index (κ2) is 12.4. The summed E-state index contributed by atoms with van der Waals surface area (Å²) in [6.07, 6.45) is 2.47. The van der Waals surface area contributed by atoms with Crippen LogP contribution in [0.25, 0.3) is 11.1 Å². The van der Waals surface area contributed by atoms with Gasteiger partial charge in [0.25, 0.3) is 11.1 Å². The first kappa shape index (κ1) is 28.3. The summed E-state index contributed by atoms with van der Waals surface area (Å²) >= 11 is 6.97. The molecule has 3 aromatic rings. The Morgan fingerprint density at radius 2 is 2.11 bits per heavy atom. The van der Waals surface area contributed by atoms with Gasteiger partial charge in [-0.15, -0.1) is 5.10 Å². The van der Waals surface area contributed by atoms with Crippen molar-refractivity contribution in [2.24, 2.45) is 4.99 Å². The van der Waals surface area contributed by atoms with E-state index in [4.69, 9.17) is 40.3 Å². The van der Waals surface area contributed by atoms with Crippen molar-refractivity contribution in [1.29, 1.82) is 0 Å². The van der Waals surface area contributed by atoms with Crippen LogP contribution in [0.3, 0.4) is 0 Å². The Hall–Kier alpha value is -2.75. The second-order valence-electron chi connectivity index (χ2n) is 7.77. The number of rotatable bonds is 9. The van der Waals surface area contributed by atoms with Crippen LogP contribution in [-0.4, -0.2) is 75.1 Å². The molecule has 4 rings (SSSR count). The van der Waals surface area contributed by atoms with Crippen molar-refractivity contribution in [2.75, 3.05) is 33.5 Å². The van der Waals surface area contributed by atoms with Crippen molar-refractivity contribution in [3.8, 4) is 22.1 Å². The number of methoxy groups -OCH3 is 1. The van der Waals surface area contributed by atoms with Gasteiger partial charge in [-0.25, -0.2) is 14.2 Å². The molecular formula is C21H23ClN5O9PS. The number of halogens is 1. The minimum atomic E-state index is -4.84. The third kappa shape index (κ3) is 7.42. The first-order chi connectivity index (χ1) is 18.1. The topological polar surface area (TPSA) is 177 Å². The molecule has 0 bridgehead atoms. The van der Waals surface area contributed by atoms with Gasteiger partial charge in [0.1, 0.15) is 23.6 Å². The summed E-state index contributed by atoms with van der Waals surface area (Å²) in [4.78, 5) is 43.9. The van der Waals surface area contributed by atoms with Gasteiger partial charge in [0, 0.05) is 23.0 Å². The van der Waals surface area contributed by atoms with Crippen LogP contribution in [0.5, 0.6) is 10.9 Å². The Balaban J connectivity index is 1.70. The van der Waals surface area contributed by atoms with Crippen LogP contribution >= 0.6 is 30.8 Å². The molecule has 0 aromatic carbocycles. The molecule has 204 valence electrons. The van der Waals surface area contributed by atoms with Gasteiger partial charge in [-0.2, -0.15) is 4.99 Å². The second-order valence-corrected chi connectivity index (χ2v) is 10.3. The Morgan fingerprint density at radius 3 is 2.82 bits per heavy atom. The molecular weight excluding hydrogens is 565 g/mol. The lowest BCUT2D eigenvalue weighted by Gasteiger charge is -2.22. The zero-order valence-electron chi connectivity index (χ0n) is 20.1. The third-order valence-electron chi connectivity index (χ3n) is 5.04. The molecule has 0 spiro atoms. The Kier molecular flexibility index (Phi) is 9.23. The molecule has 3 aromatic heterocycles. The number of carbonyl (C=O) groups excluding carboxylic acids is 1. The van der Waals surface area contributed by atoms with Crippen molar-refractivity contribution >= 4 is 36.7 Å². The zero-order chi connectivity index (χ0) is 27.3. The molecule has 1 saturated heterocycles. The van der Waals surface area contributed by atoms with E-state index in [0.29, 0.717) is 42.4 Å². The van der Waals surface area contributed by atoms with Gasteiger partial charge >= 0.3 is 7.82 Å². The number of aromatic nitrogens is 4. The fourth-order valence-corrected chi connectivity index (χ4v) is 4.50. The smallest absolute Gasteiger partial charge is 0.471 e. The maximum Gasteiger partial charge on any atom is 0.471 e. The summed E-state index contributed by atoms with van der Waals surface area (Å²) in [6, 6.07) is 3.23. The van der Waals surface area contributed by atoms with Crippen molar-refractivity contribution in [3.63, 3.8) is 0 Å². The molecule has 2 N–H and O–H groups in total. The number of nitrogens with zero attached hydrogens (tertiary/aromatic N) is 5. The van der Waals surface area contributed by atoms with Gasteiger partial charge < -0.3 is 28.7 Å². The highest BCUT2D eigenvalue weighted by atomic mass is 35.5. The Labute approximate surface area is 225 Å². The number of carbonyl (C=O) groups is 1. The number of pyridine rings is 2. The first-order valence-corrected chi connectivity index (χ1v) is 13.7. The molecule has 4 heterocycles. The van der Waals surface area contributed by atoms with Crippen LogP contribution in [0.2, 0.25) is 5.15 Å². The van der Waals surface area contributed by atoms with Gasteiger partial charge in [-0.1, -0.05) is 11.6 Å². The maximum atomic E-state index is 13.4. The fraction of sp³-hybridized carbons (Fsp3) is 0.381. The van der Waals surface area contributed by atoms with Gasteiger partial charge in [-0.05, 0) is 30.4 Å². The van der Waals surface area contributed by atoms with E-state index in [-0.39, 0.29) is 33.4 Å².